The molecule has 25 heavy (non-hydrogen) atoms. The Morgan fingerprint density at radius 3 is 1.56 bits per heavy atom. The van der Waals surface area contributed by atoms with E-state index in [2.05, 4.69) is 6.92 Å². The van der Waals surface area contributed by atoms with Gasteiger partial charge in [0, 0.05) is 6.42 Å². The summed E-state index contributed by atoms with van der Waals surface area (Å²) in [4.78, 5) is 11.5. The van der Waals surface area contributed by atoms with E-state index in [1.807, 2.05) is 0 Å². The molecule has 0 atom stereocenters. The van der Waals surface area contributed by atoms with Gasteiger partial charge in [0.1, 0.15) is 0 Å². The van der Waals surface area contributed by atoms with Gasteiger partial charge in [0.05, 0.1) is 6.61 Å². The van der Waals surface area contributed by atoms with Gasteiger partial charge in [-0.25, -0.2) is 0 Å². The Kier molecular flexibility index (Phi) is 21.0. The Balaban J connectivity index is 3.08. The fourth-order valence-corrected chi connectivity index (χ4v) is 3.15. The molecule has 3 heteroatoms. The summed E-state index contributed by atoms with van der Waals surface area (Å²) in [6, 6.07) is 0. The summed E-state index contributed by atoms with van der Waals surface area (Å²) in [7, 11) is 0. The van der Waals surface area contributed by atoms with E-state index >= 15 is 0 Å². The Morgan fingerprint density at radius 1 is 0.640 bits per heavy atom. The van der Waals surface area contributed by atoms with Crippen molar-refractivity contribution >= 4 is 5.97 Å². The first-order valence-electron chi connectivity index (χ1n) is 11.2. The zero-order chi connectivity index (χ0) is 18.4. The van der Waals surface area contributed by atoms with Crippen LogP contribution in [0.4, 0.5) is 0 Å². The van der Waals surface area contributed by atoms with E-state index in [1.54, 1.807) is 0 Å². The van der Waals surface area contributed by atoms with Crippen LogP contribution >= 0.6 is 0 Å². The monoisotopic (exact) mass is 355 g/mol. The van der Waals surface area contributed by atoms with Crippen LogP contribution in [0.15, 0.2) is 0 Å². The molecule has 0 aromatic carbocycles. The molecule has 0 spiro atoms. The maximum absolute atomic E-state index is 11.5. The molecule has 0 bridgehead atoms. The average Bonchev–Trinajstić information content (AvgIpc) is 2.62. The first-order valence-corrected chi connectivity index (χ1v) is 11.2. The number of carbonyl (C=O) groups is 1. The van der Waals surface area contributed by atoms with Crippen molar-refractivity contribution in [2.24, 2.45) is 5.73 Å². The number of nitrogens with two attached hydrogens (primary N) is 1. The molecule has 3 nitrogen and oxygen atoms in total. The first-order chi connectivity index (χ1) is 12.3. The molecular weight excluding hydrogens is 310 g/mol. The normalized spacial score (nSPS) is 11.0. The predicted molar refractivity (Wildman–Crippen MR) is 109 cm³/mol. The lowest BCUT2D eigenvalue weighted by Crippen LogP contribution is -2.06. The minimum absolute atomic E-state index is 0.0354. The molecule has 0 saturated heterocycles. The van der Waals surface area contributed by atoms with E-state index in [-0.39, 0.29) is 5.97 Å². The van der Waals surface area contributed by atoms with E-state index in [0.29, 0.717) is 19.6 Å². The van der Waals surface area contributed by atoms with Gasteiger partial charge in [-0.3, -0.25) is 4.79 Å². The molecule has 0 rings (SSSR count). The molecule has 0 amide bonds. The fraction of sp³-hybridized carbons (Fsp3) is 0.955. The van der Waals surface area contributed by atoms with Gasteiger partial charge in [-0.2, -0.15) is 0 Å². The van der Waals surface area contributed by atoms with E-state index < -0.39 is 0 Å². The van der Waals surface area contributed by atoms with Crippen LogP contribution < -0.4 is 5.73 Å². The van der Waals surface area contributed by atoms with E-state index in [4.69, 9.17) is 10.5 Å². The average molecular weight is 356 g/mol. The van der Waals surface area contributed by atoms with E-state index in [9.17, 15) is 4.79 Å². The van der Waals surface area contributed by atoms with Crippen molar-refractivity contribution in [1.82, 2.24) is 0 Å². The lowest BCUT2D eigenvalue weighted by Gasteiger charge is -2.05. The molecule has 0 aromatic rings. The Bertz CT molecular complexity index is 269. The molecule has 0 aliphatic rings. The van der Waals surface area contributed by atoms with Gasteiger partial charge >= 0.3 is 5.97 Å². The number of hydrogen-bond donors (Lipinski definition) is 1. The number of carbonyl (C=O) groups excluding carboxylic acids is 1. The van der Waals surface area contributed by atoms with Gasteiger partial charge in [-0.1, -0.05) is 96.8 Å². The van der Waals surface area contributed by atoms with Crippen molar-refractivity contribution in [3.63, 3.8) is 0 Å². The Labute approximate surface area is 157 Å². The second-order valence-electron chi connectivity index (χ2n) is 7.42. The van der Waals surface area contributed by atoms with Crippen LogP contribution in [0.5, 0.6) is 0 Å². The number of ether oxygens (including phenoxy) is 1. The SMILES string of the molecule is CCCCCCCCCCCCCCCCOC(=O)CCCCCN. The summed E-state index contributed by atoms with van der Waals surface area (Å²) in [5, 5.41) is 0. The highest BCUT2D eigenvalue weighted by molar-refractivity contribution is 5.69. The molecule has 0 unspecified atom stereocenters. The van der Waals surface area contributed by atoms with Crippen LogP contribution in [-0.4, -0.2) is 19.1 Å². The molecule has 0 saturated carbocycles. The number of hydrogen-bond acceptors (Lipinski definition) is 3. The number of unbranched alkanes of at least 4 members (excludes halogenated alkanes) is 15. The van der Waals surface area contributed by atoms with Crippen LogP contribution in [-0.2, 0) is 9.53 Å². The lowest BCUT2D eigenvalue weighted by molar-refractivity contribution is -0.143. The summed E-state index contributed by atoms with van der Waals surface area (Å²) >= 11 is 0. The van der Waals surface area contributed by atoms with Gasteiger partial charge in [0.25, 0.3) is 0 Å². The van der Waals surface area contributed by atoms with Crippen molar-refractivity contribution in [2.45, 2.75) is 122 Å². The zero-order valence-corrected chi connectivity index (χ0v) is 17.0. The summed E-state index contributed by atoms with van der Waals surface area (Å²) < 4.78 is 5.26. The standard InChI is InChI=1S/C22H45NO2/c1-2-3-4-5-6-7-8-9-10-11-12-13-14-18-21-25-22(24)19-16-15-17-20-23/h2-21,23H2,1H3. The summed E-state index contributed by atoms with van der Waals surface area (Å²) in [6.07, 6.45) is 22.4. The highest BCUT2D eigenvalue weighted by Crippen LogP contribution is 2.13. The lowest BCUT2D eigenvalue weighted by atomic mass is 10.0. The topological polar surface area (TPSA) is 52.3 Å². The molecule has 0 aromatic heterocycles. The number of esters is 1. The van der Waals surface area contributed by atoms with Crippen LogP contribution in [0.3, 0.4) is 0 Å². The molecule has 0 fully saturated rings. The third kappa shape index (κ3) is 21.4. The van der Waals surface area contributed by atoms with Gasteiger partial charge in [-0.15, -0.1) is 0 Å². The quantitative estimate of drug-likeness (QED) is 0.199. The largest absolute Gasteiger partial charge is 0.466 e. The van der Waals surface area contributed by atoms with Gasteiger partial charge in [0.2, 0.25) is 0 Å². The predicted octanol–water partition coefficient (Wildman–Crippen LogP) is 6.53. The maximum Gasteiger partial charge on any atom is 0.305 e. The van der Waals surface area contributed by atoms with Gasteiger partial charge in [-0.05, 0) is 25.8 Å². The minimum atomic E-state index is -0.0354. The van der Waals surface area contributed by atoms with Gasteiger partial charge < -0.3 is 10.5 Å². The Morgan fingerprint density at radius 2 is 1.08 bits per heavy atom. The van der Waals surface area contributed by atoms with Crippen LogP contribution in [0.1, 0.15) is 122 Å². The van der Waals surface area contributed by atoms with Crippen LogP contribution in [0, 0.1) is 0 Å². The van der Waals surface area contributed by atoms with Crippen LogP contribution in [0.25, 0.3) is 0 Å². The maximum atomic E-state index is 11.5. The third-order valence-electron chi connectivity index (χ3n) is 4.85. The van der Waals surface area contributed by atoms with Crippen LogP contribution in [0.2, 0.25) is 0 Å². The summed E-state index contributed by atoms with van der Waals surface area (Å²) in [5.41, 5.74) is 5.43. The molecular formula is C22H45NO2. The van der Waals surface area contributed by atoms with Crippen molar-refractivity contribution in [2.75, 3.05) is 13.2 Å². The zero-order valence-electron chi connectivity index (χ0n) is 17.0. The fourth-order valence-electron chi connectivity index (χ4n) is 3.15. The molecule has 2 N–H and O–H groups in total. The van der Waals surface area contributed by atoms with Crippen molar-refractivity contribution < 1.29 is 9.53 Å². The van der Waals surface area contributed by atoms with Gasteiger partial charge in [0.15, 0.2) is 0 Å². The smallest absolute Gasteiger partial charge is 0.305 e. The van der Waals surface area contributed by atoms with Crippen molar-refractivity contribution in [1.29, 1.82) is 0 Å². The van der Waals surface area contributed by atoms with E-state index in [1.165, 1.54) is 83.5 Å². The molecule has 0 radical (unpaired) electrons. The molecule has 0 heterocycles. The van der Waals surface area contributed by atoms with Crippen molar-refractivity contribution in [3.05, 3.63) is 0 Å². The first kappa shape index (κ1) is 24.4. The molecule has 0 aliphatic carbocycles. The highest BCUT2D eigenvalue weighted by atomic mass is 16.5. The van der Waals surface area contributed by atoms with Crippen molar-refractivity contribution in [3.8, 4) is 0 Å². The molecule has 0 aliphatic heterocycles. The second-order valence-corrected chi connectivity index (χ2v) is 7.42. The Hall–Kier alpha value is -0.570. The minimum Gasteiger partial charge on any atom is -0.466 e. The van der Waals surface area contributed by atoms with E-state index in [0.717, 1.165) is 25.7 Å². The highest BCUT2D eigenvalue weighted by Gasteiger charge is 2.02. The molecule has 150 valence electrons. The summed E-state index contributed by atoms with van der Waals surface area (Å²) in [6.45, 7) is 3.60. The summed E-state index contributed by atoms with van der Waals surface area (Å²) in [5.74, 6) is -0.0354. The second kappa shape index (κ2) is 21.5. The number of rotatable bonds is 20. The third-order valence-corrected chi connectivity index (χ3v) is 4.85.